The zero-order valence-electron chi connectivity index (χ0n) is 10.1. The Labute approximate surface area is 100 Å². The molecule has 1 heterocycles. The molecule has 0 spiro atoms. The number of nitrogens with two attached hydrogens (primary N) is 1. The highest BCUT2D eigenvalue weighted by Crippen LogP contribution is 2.31. The van der Waals surface area contributed by atoms with Crippen LogP contribution in [0.3, 0.4) is 0 Å². The van der Waals surface area contributed by atoms with Gasteiger partial charge in [-0.2, -0.15) is 15.4 Å². The molecule has 17 heavy (non-hydrogen) atoms. The summed E-state index contributed by atoms with van der Waals surface area (Å²) in [6.07, 6.45) is 5.62. The molecule has 0 aliphatic heterocycles. The third-order valence-corrected chi connectivity index (χ3v) is 3.51. The normalized spacial score (nSPS) is 28.9. The van der Waals surface area contributed by atoms with Crippen LogP contribution in [0.15, 0.2) is 6.20 Å². The second-order valence-electron chi connectivity index (χ2n) is 5.00. The summed E-state index contributed by atoms with van der Waals surface area (Å²) < 4.78 is 0. The van der Waals surface area contributed by atoms with Gasteiger partial charge in [-0.25, -0.2) is 0 Å². The highest BCUT2D eigenvalue weighted by Gasteiger charge is 2.35. The first-order chi connectivity index (χ1) is 8.15. The number of aromatic amines is 1. The lowest BCUT2D eigenvalue weighted by atomic mass is 9.76. The van der Waals surface area contributed by atoms with Gasteiger partial charge in [-0.1, -0.05) is 19.8 Å². The monoisotopic (exact) mass is 237 g/mol. The topological polar surface area (TPSA) is 96.7 Å². The molecule has 1 fully saturated rings. The Morgan fingerprint density at radius 2 is 2.59 bits per heavy atom. The summed E-state index contributed by atoms with van der Waals surface area (Å²) in [7, 11) is 0. The number of H-pyrrole nitrogens is 1. The fourth-order valence-electron chi connectivity index (χ4n) is 2.63. The van der Waals surface area contributed by atoms with Crippen LogP contribution < -0.4 is 11.1 Å². The Hall–Kier alpha value is -1.43. The average molecular weight is 237 g/mol. The van der Waals surface area contributed by atoms with Crippen LogP contribution >= 0.6 is 0 Å². The molecule has 1 aromatic heterocycles. The van der Waals surface area contributed by atoms with E-state index in [1.54, 1.807) is 0 Å². The summed E-state index contributed by atoms with van der Waals surface area (Å²) in [6, 6.07) is 0. The molecule has 2 rings (SSSR count). The van der Waals surface area contributed by atoms with Crippen molar-refractivity contribution in [2.75, 3.05) is 6.54 Å². The number of nitrogens with zero attached hydrogens (tertiary/aromatic N) is 2. The Balaban J connectivity index is 2.06. The van der Waals surface area contributed by atoms with Crippen molar-refractivity contribution in [2.45, 2.75) is 38.1 Å². The van der Waals surface area contributed by atoms with Crippen LogP contribution in [0.4, 0.5) is 0 Å². The number of carbonyl (C=O) groups is 1. The summed E-state index contributed by atoms with van der Waals surface area (Å²) in [5.74, 6) is 0.406. The maximum atomic E-state index is 12.0. The van der Waals surface area contributed by atoms with Crippen LogP contribution in [-0.4, -0.2) is 33.4 Å². The van der Waals surface area contributed by atoms with E-state index in [1.165, 1.54) is 12.6 Å². The molecule has 94 valence electrons. The molecule has 0 radical (unpaired) electrons. The van der Waals surface area contributed by atoms with E-state index in [1.807, 2.05) is 0 Å². The van der Waals surface area contributed by atoms with Crippen molar-refractivity contribution in [1.82, 2.24) is 20.7 Å². The van der Waals surface area contributed by atoms with Gasteiger partial charge in [0.05, 0.1) is 11.7 Å². The Kier molecular flexibility index (Phi) is 3.42. The lowest BCUT2D eigenvalue weighted by Gasteiger charge is -2.39. The van der Waals surface area contributed by atoms with Gasteiger partial charge in [0.1, 0.15) is 0 Å². The predicted octanol–water partition coefficient (Wildman–Crippen LogP) is 0.442. The second kappa shape index (κ2) is 4.83. The molecule has 6 nitrogen and oxygen atoms in total. The SMILES string of the molecule is CC1CCCC(CN)(NC(=O)c2cn[nH]n2)C1. The molecule has 6 heteroatoms. The zero-order chi connectivity index (χ0) is 12.3. The summed E-state index contributed by atoms with van der Waals surface area (Å²) in [4.78, 5) is 12.0. The number of hydrogen-bond donors (Lipinski definition) is 3. The van der Waals surface area contributed by atoms with Gasteiger partial charge in [-0.05, 0) is 18.8 Å². The number of carbonyl (C=O) groups excluding carboxylic acids is 1. The van der Waals surface area contributed by atoms with Crippen LogP contribution in [0.5, 0.6) is 0 Å². The number of amides is 1. The molecule has 1 aromatic rings. The Morgan fingerprint density at radius 1 is 1.76 bits per heavy atom. The molecule has 2 unspecified atom stereocenters. The van der Waals surface area contributed by atoms with Gasteiger partial charge in [-0.15, -0.1) is 0 Å². The van der Waals surface area contributed by atoms with Crippen molar-refractivity contribution in [3.63, 3.8) is 0 Å². The van der Waals surface area contributed by atoms with Crippen molar-refractivity contribution < 1.29 is 4.79 Å². The van der Waals surface area contributed by atoms with Crippen molar-refractivity contribution >= 4 is 5.91 Å². The standard InChI is InChI=1S/C11H19N5O/c1-8-3-2-4-11(5-8,7-12)14-10(17)9-6-13-16-15-9/h6,8H,2-5,7,12H2,1H3,(H,14,17)(H,13,15,16). The molecule has 0 aromatic carbocycles. The van der Waals surface area contributed by atoms with Gasteiger partial charge in [0.25, 0.3) is 5.91 Å². The van der Waals surface area contributed by atoms with Crippen molar-refractivity contribution in [3.05, 3.63) is 11.9 Å². The first-order valence-corrected chi connectivity index (χ1v) is 6.03. The van der Waals surface area contributed by atoms with Crippen LogP contribution in [0, 0.1) is 5.92 Å². The van der Waals surface area contributed by atoms with E-state index in [9.17, 15) is 4.79 Å². The van der Waals surface area contributed by atoms with Crippen LogP contribution in [-0.2, 0) is 0 Å². The molecule has 1 aliphatic carbocycles. The van der Waals surface area contributed by atoms with Gasteiger partial charge in [0.15, 0.2) is 5.69 Å². The summed E-state index contributed by atoms with van der Waals surface area (Å²) in [5, 5.41) is 12.9. The highest BCUT2D eigenvalue weighted by atomic mass is 16.2. The summed E-state index contributed by atoms with van der Waals surface area (Å²) >= 11 is 0. The number of hydrogen-bond acceptors (Lipinski definition) is 4. The second-order valence-corrected chi connectivity index (χ2v) is 5.00. The number of aromatic nitrogens is 3. The molecule has 1 aliphatic rings. The first kappa shape index (κ1) is 12.0. The zero-order valence-corrected chi connectivity index (χ0v) is 10.1. The Morgan fingerprint density at radius 3 is 3.18 bits per heavy atom. The van der Waals surface area contributed by atoms with Gasteiger partial charge < -0.3 is 11.1 Å². The predicted molar refractivity (Wildman–Crippen MR) is 63.3 cm³/mol. The fourth-order valence-corrected chi connectivity index (χ4v) is 2.63. The highest BCUT2D eigenvalue weighted by molar-refractivity contribution is 5.92. The van der Waals surface area contributed by atoms with E-state index >= 15 is 0 Å². The fraction of sp³-hybridized carbons (Fsp3) is 0.727. The smallest absolute Gasteiger partial charge is 0.273 e. The van der Waals surface area contributed by atoms with E-state index in [0.29, 0.717) is 18.2 Å². The van der Waals surface area contributed by atoms with Crippen molar-refractivity contribution in [3.8, 4) is 0 Å². The molecule has 1 saturated carbocycles. The first-order valence-electron chi connectivity index (χ1n) is 6.03. The minimum Gasteiger partial charge on any atom is -0.344 e. The van der Waals surface area contributed by atoms with Crippen LogP contribution in [0.2, 0.25) is 0 Å². The van der Waals surface area contributed by atoms with Gasteiger partial charge in [-0.3, -0.25) is 4.79 Å². The minimum atomic E-state index is -0.270. The quantitative estimate of drug-likeness (QED) is 0.710. The molecule has 0 bridgehead atoms. The lowest BCUT2D eigenvalue weighted by Crippen LogP contribution is -2.56. The summed E-state index contributed by atoms with van der Waals surface area (Å²) in [6.45, 7) is 2.67. The maximum absolute atomic E-state index is 12.0. The van der Waals surface area contributed by atoms with E-state index < -0.39 is 0 Å². The van der Waals surface area contributed by atoms with E-state index in [-0.39, 0.29) is 11.4 Å². The van der Waals surface area contributed by atoms with Crippen molar-refractivity contribution in [2.24, 2.45) is 11.7 Å². The average Bonchev–Trinajstić information content (AvgIpc) is 2.82. The van der Waals surface area contributed by atoms with Crippen LogP contribution in [0.25, 0.3) is 0 Å². The van der Waals surface area contributed by atoms with Gasteiger partial charge in [0.2, 0.25) is 0 Å². The molecule has 2 atom stereocenters. The van der Waals surface area contributed by atoms with Crippen molar-refractivity contribution in [1.29, 1.82) is 0 Å². The molecule has 1 amide bonds. The van der Waals surface area contributed by atoms with E-state index in [4.69, 9.17) is 5.73 Å². The molecule has 4 N–H and O–H groups in total. The van der Waals surface area contributed by atoms with Gasteiger partial charge >= 0.3 is 0 Å². The van der Waals surface area contributed by atoms with Crippen LogP contribution in [0.1, 0.15) is 43.1 Å². The van der Waals surface area contributed by atoms with Gasteiger partial charge in [0, 0.05) is 6.54 Å². The third kappa shape index (κ3) is 2.63. The minimum absolute atomic E-state index is 0.196. The van der Waals surface area contributed by atoms with E-state index in [2.05, 4.69) is 27.7 Å². The largest absolute Gasteiger partial charge is 0.344 e. The number of rotatable bonds is 3. The maximum Gasteiger partial charge on any atom is 0.273 e. The lowest BCUT2D eigenvalue weighted by molar-refractivity contribution is 0.0848. The Bertz CT molecular complexity index is 377. The third-order valence-electron chi connectivity index (χ3n) is 3.51. The summed E-state index contributed by atoms with van der Waals surface area (Å²) in [5.41, 5.74) is 5.89. The number of nitrogens with one attached hydrogen (secondary N) is 2. The molecular formula is C11H19N5O. The molecule has 0 saturated heterocycles. The molecular weight excluding hydrogens is 218 g/mol. The van der Waals surface area contributed by atoms with E-state index in [0.717, 1.165) is 19.3 Å².